The fraction of sp³-hybridized carbons (Fsp3) is 0.882. The molecule has 0 bridgehead atoms. The van der Waals surface area contributed by atoms with Crippen molar-refractivity contribution in [3.05, 3.63) is 11.1 Å². The van der Waals surface area contributed by atoms with Crippen LogP contribution in [0.2, 0.25) is 0 Å². The quantitative estimate of drug-likeness (QED) is 0.382. The van der Waals surface area contributed by atoms with E-state index in [2.05, 4.69) is 41.5 Å². The Morgan fingerprint density at radius 2 is 0.529 bits per heavy atom. The van der Waals surface area contributed by atoms with Gasteiger partial charge in [0, 0.05) is 0 Å². The van der Waals surface area contributed by atoms with Crippen LogP contribution in [0.5, 0.6) is 0 Å². The van der Waals surface area contributed by atoms with Crippen LogP contribution in [-0.2, 0) is 0 Å². The van der Waals surface area contributed by atoms with Crippen molar-refractivity contribution in [2.45, 2.75) is 103 Å². The fourth-order valence-corrected chi connectivity index (χ4v) is 0. The van der Waals surface area contributed by atoms with Crippen LogP contribution in [0.3, 0.4) is 0 Å². The first kappa shape index (κ1) is 36.0. The molecule has 0 aliphatic rings. The zero-order chi connectivity index (χ0) is 15.9. The first-order chi connectivity index (χ1) is 8.06. The lowest BCUT2D eigenvalue weighted by atomic mass is 10.2. The summed E-state index contributed by atoms with van der Waals surface area (Å²) < 4.78 is 0. The Balaban J connectivity index is -0.0000000238. The molecular weight excluding hydrogens is 204 g/mol. The highest BCUT2D eigenvalue weighted by Crippen LogP contribution is 1.96. The van der Waals surface area contributed by atoms with E-state index >= 15 is 0 Å². The molecule has 112 valence electrons. The molecule has 0 amide bonds. The van der Waals surface area contributed by atoms with Crippen molar-refractivity contribution in [3.8, 4) is 0 Å². The van der Waals surface area contributed by atoms with Crippen molar-refractivity contribution in [1.29, 1.82) is 0 Å². The lowest BCUT2D eigenvalue weighted by molar-refractivity contribution is 1.09. The summed E-state index contributed by atoms with van der Waals surface area (Å²) in [7, 11) is 0. The topological polar surface area (TPSA) is 0 Å². The van der Waals surface area contributed by atoms with Gasteiger partial charge in [0.25, 0.3) is 0 Å². The van der Waals surface area contributed by atoms with Gasteiger partial charge in [0.15, 0.2) is 0 Å². The van der Waals surface area contributed by atoms with Crippen molar-refractivity contribution in [1.82, 2.24) is 0 Å². The highest BCUT2D eigenvalue weighted by molar-refractivity contribution is 5.02. The molecule has 0 aromatic rings. The molecule has 0 saturated carbocycles. The molecule has 0 aromatic carbocycles. The SMILES string of the molecule is CC.CC.CC.CC.CC(C)=C(C)C.CCC. The number of rotatable bonds is 0. The van der Waals surface area contributed by atoms with Gasteiger partial charge >= 0.3 is 0 Å². The highest BCUT2D eigenvalue weighted by atomic mass is 13.8. The molecule has 0 aliphatic heterocycles. The third-order valence-electron chi connectivity index (χ3n) is 1.00. The molecule has 0 aromatic heterocycles. The van der Waals surface area contributed by atoms with E-state index in [1.807, 2.05) is 55.4 Å². The van der Waals surface area contributed by atoms with Crippen molar-refractivity contribution < 1.29 is 0 Å². The molecular formula is C17H44. The van der Waals surface area contributed by atoms with E-state index in [-0.39, 0.29) is 0 Å². The zero-order valence-corrected chi connectivity index (χ0v) is 15.7. The monoisotopic (exact) mass is 248 g/mol. The van der Waals surface area contributed by atoms with Gasteiger partial charge in [-0.15, -0.1) is 0 Å². The summed E-state index contributed by atoms with van der Waals surface area (Å²) in [6.45, 7) is 28.7. The van der Waals surface area contributed by atoms with Crippen LogP contribution >= 0.6 is 0 Å². The van der Waals surface area contributed by atoms with Crippen molar-refractivity contribution in [3.63, 3.8) is 0 Å². The van der Waals surface area contributed by atoms with E-state index in [0.717, 1.165) is 0 Å². The molecule has 0 unspecified atom stereocenters. The van der Waals surface area contributed by atoms with Crippen molar-refractivity contribution in [2.75, 3.05) is 0 Å². The first-order valence-corrected chi connectivity index (χ1v) is 7.66. The smallest absolute Gasteiger partial charge is 0.0440 e. The van der Waals surface area contributed by atoms with Crippen LogP contribution in [-0.4, -0.2) is 0 Å². The largest absolute Gasteiger partial charge is 0.0778 e. The van der Waals surface area contributed by atoms with Gasteiger partial charge in [-0.3, -0.25) is 0 Å². The summed E-state index contributed by atoms with van der Waals surface area (Å²) in [6.07, 6.45) is 1.25. The average molecular weight is 249 g/mol. The second kappa shape index (κ2) is 75.3. The number of hydrogen-bond donors (Lipinski definition) is 0. The van der Waals surface area contributed by atoms with Crippen LogP contribution in [0.15, 0.2) is 11.1 Å². The molecule has 0 saturated heterocycles. The Morgan fingerprint density at radius 1 is 0.471 bits per heavy atom. The van der Waals surface area contributed by atoms with Gasteiger partial charge in [-0.2, -0.15) is 0 Å². The van der Waals surface area contributed by atoms with E-state index in [4.69, 9.17) is 0 Å². The van der Waals surface area contributed by atoms with Gasteiger partial charge in [0.05, 0.1) is 0 Å². The Labute approximate surface area is 115 Å². The normalized spacial score (nSPS) is 5.29. The molecule has 0 heterocycles. The Kier molecular flexibility index (Phi) is 159. The second-order valence-electron chi connectivity index (χ2n) is 2.71. The first-order valence-electron chi connectivity index (χ1n) is 7.66. The zero-order valence-electron chi connectivity index (χ0n) is 15.7. The van der Waals surface area contributed by atoms with Gasteiger partial charge in [0.1, 0.15) is 0 Å². The summed E-state index contributed by atoms with van der Waals surface area (Å²) in [6, 6.07) is 0. The minimum atomic E-state index is 1.25. The van der Waals surface area contributed by atoms with E-state index in [9.17, 15) is 0 Å². The summed E-state index contributed by atoms with van der Waals surface area (Å²) in [4.78, 5) is 0. The van der Waals surface area contributed by atoms with Gasteiger partial charge in [-0.1, -0.05) is 86.8 Å². The van der Waals surface area contributed by atoms with Gasteiger partial charge in [-0.25, -0.2) is 0 Å². The number of allylic oxidation sites excluding steroid dienone is 2. The standard InChI is InChI=1S/C6H12.C3H8.4C2H6/c1-5(2)6(3)4;1-3-2;4*1-2/h1-4H3;3H2,1-2H3;4*1-2H3. The highest BCUT2D eigenvalue weighted by Gasteiger charge is 1.75. The molecule has 0 heteroatoms. The maximum atomic E-state index is 2.12. The average Bonchev–Trinajstić information content (AvgIpc) is 2.40. The fourth-order valence-electron chi connectivity index (χ4n) is 0. The molecule has 0 spiro atoms. The van der Waals surface area contributed by atoms with Gasteiger partial charge < -0.3 is 0 Å². The van der Waals surface area contributed by atoms with Gasteiger partial charge in [0.2, 0.25) is 0 Å². The third kappa shape index (κ3) is 212. The van der Waals surface area contributed by atoms with Crippen molar-refractivity contribution >= 4 is 0 Å². The summed E-state index contributed by atoms with van der Waals surface area (Å²) in [5.41, 5.74) is 2.85. The maximum Gasteiger partial charge on any atom is -0.0440 e. The molecule has 0 atom stereocenters. The third-order valence-corrected chi connectivity index (χ3v) is 1.00. The lowest BCUT2D eigenvalue weighted by Gasteiger charge is -1.88. The Hall–Kier alpha value is -0.260. The minimum Gasteiger partial charge on any atom is -0.0778 e. The van der Waals surface area contributed by atoms with Crippen LogP contribution in [0.1, 0.15) is 103 Å². The number of hydrogen-bond acceptors (Lipinski definition) is 0. The van der Waals surface area contributed by atoms with E-state index < -0.39 is 0 Å². The molecule has 0 fully saturated rings. The predicted octanol–water partition coefficient (Wildman–Crippen LogP) is 7.88. The second-order valence-corrected chi connectivity index (χ2v) is 2.71. The molecule has 0 radical (unpaired) electrons. The molecule has 0 N–H and O–H groups in total. The molecule has 0 nitrogen and oxygen atoms in total. The van der Waals surface area contributed by atoms with Crippen molar-refractivity contribution in [2.24, 2.45) is 0 Å². The van der Waals surface area contributed by atoms with Crippen LogP contribution in [0.4, 0.5) is 0 Å². The van der Waals surface area contributed by atoms with Crippen LogP contribution in [0.25, 0.3) is 0 Å². The minimum absolute atomic E-state index is 1.25. The predicted molar refractivity (Wildman–Crippen MR) is 91.1 cm³/mol. The van der Waals surface area contributed by atoms with E-state index in [1.54, 1.807) is 0 Å². The molecule has 17 heavy (non-hydrogen) atoms. The summed E-state index contributed by atoms with van der Waals surface area (Å²) in [5, 5.41) is 0. The molecule has 0 aliphatic carbocycles. The Bertz CT molecular complexity index is 60.0. The lowest BCUT2D eigenvalue weighted by Crippen LogP contribution is -1.66. The van der Waals surface area contributed by atoms with E-state index in [0.29, 0.717) is 0 Å². The van der Waals surface area contributed by atoms with Crippen LogP contribution < -0.4 is 0 Å². The maximum absolute atomic E-state index is 2.12. The summed E-state index contributed by atoms with van der Waals surface area (Å²) in [5.74, 6) is 0. The van der Waals surface area contributed by atoms with Crippen LogP contribution in [0, 0.1) is 0 Å². The van der Waals surface area contributed by atoms with Gasteiger partial charge in [-0.05, 0) is 27.7 Å². The Morgan fingerprint density at radius 3 is 0.529 bits per heavy atom. The summed E-state index contributed by atoms with van der Waals surface area (Å²) >= 11 is 0. The van der Waals surface area contributed by atoms with E-state index in [1.165, 1.54) is 17.6 Å². The molecule has 0 rings (SSSR count).